The zero-order chi connectivity index (χ0) is 13.6. The van der Waals surface area contributed by atoms with E-state index in [2.05, 4.69) is 26.3 Å². The SMILES string of the molecule is C=CC(=O)C(C(=O)C=C)(C(=O)C=C)C(=O)C=C. The van der Waals surface area contributed by atoms with Gasteiger partial charge in [0.1, 0.15) is 0 Å². The normalized spacial score (nSPS) is 9.88. The fourth-order valence-electron chi connectivity index (χ4n) is 1.34. The Morgan fingerprint density at radius 2 is 0.765 bits per heavy atom. The molecule has 0 fully saturated rings. The molecule has 0 atom stereocenters. The third kappa shape index (κ3) is 2.10. The van der Waals surface area contributed by atoms with Gasteiger partial charge >= 0.3 is 0 Å². The van der Waals surface area contributed by atoms with Crippen molar-refractivity contribution in [3.8, 4) is 0 Å². The molecule has 0 aromatic carbocycles. The number of ketones is 4. The second-order valence-corrected chi connectivity index (χ2v) is 3.02. The van der Waals surface area contributed by atoms with Gasteiger partial charge in [0, 0.05) is 0 Å². The first-order valence-electron chi connectivity index (χ1n) is 4.60. The van der Waals surface area contributed by atoms with E-state index in [1.807, 2.05) is 0 Å². The van der Waals surface area contributed by atoms with Crippen molar-refractivity contribution in [2.45, 2.75) is 0 Å². The highest BCUT2D eigenvalue weighted by atomic mass is 16.2. The molecule has 0 radical (unpaired) electrons. The molecule has 88 valence electrons. The fourth-order valence-corrected chi connectivity index (χ4v) is 1.34. The largest absolute Gasteiger partial charge is 0.293 e. The van der Waals surface area contributed by atoms with Crippen LogP contribution in [0, 0.1) is 5.41 Å². The Hall–Kier alpha value is -2.36. The van der Waals surface area contributed by atoms with Gasteiger partial charge in [-0.2, -0.15) is 0 Å². The van der Waals surface area contributed by atoms with Crippen molar-refractivity contribution in [2.75, 3.05) is 0 Å². The standard InChI is InChI=1S/C13H12O4/c1-5-9(14)13(10(15)6-2,11(16)7-3)12(17)8-4/h5-8H,1-4H2. The molecular formula is C13H12O4. The van der Waals surface area contributed by atoms with Crippen LogP contribution in [0.4, 0.5) is 0 Å². The van der Waals surface area contributed by atoms with Gasteiger partial charge in [-0.25, -0.2) is 0 Å². The van der Waals surface area contributed by atoms with Crippen molar-refractivity contribution < 1.29 is 19.2 Å². The van der Waals surface area contributed by atoms with Gasteiger partial charge in [-0.05, 0) is 24.3 Å². The molecule has 0 N–H and O–H groups in total. The van der Waals surface area contributed by atoms with Crippen molar-refractivity contribution in [1.82, 2.24) is 0 Å². The average molecular weight is 232 g/mol. The van der Waals surface area contributed by atoms with Gasteiger partial charge in [0.2, 0.25) is 5.41 Å². The summed E-state index contributed by atoms with van der Waals surface area (Å²) in [6.45, 7) is 12.7. The smallest absolute Gasteiger partial charge is 0.219 e. The van der Waals surface area contributed by atoms with E-state index in [4.69, 9.17) is 0 Å². The average Bonchev–Trinajstić information content (AvgIpc) is 2.37. The Bertz CT molecular complexity index is 355. The molecule has 0 aromatic rings. The van der Waals surface area contributed by atoms with Crippen LogP contribution >= 0.6 is 0 Å². The second kappa shape index (κ2) is 5.65. The molecule has 17 heavy (non-hydrogen) atoms. The molecule has 0 heterocycles. The Morgan fingerprint density at radius 1 is 0.588 bits per heavy atom. The van der Waals surface area contributed by atoms with Gasteiger partial charge in [0.25, 0.3) is 0 Å². The van der Waals surface area contributed by atoms with E-state index in [0.717, 1.165) is 24.3 Å². The van der Waals surface area contributed by atoms with Crippen LogP contribution < -0.4 is 0 Å². The zero-order valence-electron chi connectivity index (χ0n) is 9.27. The van der Waals surface area contributed by atoms with Crippen molar-refractivity contribution in [2.24, 2.45) is 5.41 Å². The number of hydrogen-bond donors (Lipinski definition) is 0. The predicted octanol–water partition coefficient (Wildman–Crippen LogP) is 0.993. The van der Waals surface area contributed by atoms with Crippen LogP contribution in [-0.2, 0) is 19.2 Å². The molecule has 0 saturated carbocycles. The first-order chi connectivity index (χ1) is 7.93. The summed E-state index contributed by atoms with van der Waals surface area (Å²) >= 11 is 0. The maximum atomic E-state index is 11.7. The molecule has 4 heteroatoms. The second-order valence-electron chi connectivity index (χ2n) is 3.02. The highest BCUT2D eigenvalue weighted by Crippen LogP contribution is 2.26. The summed E-state index contributed by atoms with van der Waals surface area (Å²) in [5.41, 5.74) is -2.49. The maximum Gasteiger partial charge on any atom is 0.219 e. The maximum absolute atomic E-state index is 11.7. The minimum atomic E-state index is -2.49. The lowest BCUT2D eigenvalue weighted by molar-refractivity contribution is -0.148. The summed E-state index contributed by atoms with van der Waals surface area (Å²) in [5, 5.41) is 0. The quantitative estimate of drug-likeness (QED) is 0.462. The Labute approximate surface area is 99.0 Å². The van der Waals surface area contributed by atoms with Crippen molar-refractivity contribution in [1.29, 1.82) is 0 Å². The number of allylic oxidation sites excluding steroid dienone is 4. The van der Waals surface area contributed by atoms with Gasteiger partial charge in [0.05, 0.1) is 0 Å². The van der Waals surface area contributed by atoms with E-state index in [1.54, 1.807) is 0 Å². The molecule has 0 aliphatic carbocycles. The molecule has 0 rings (SSSR count). The van der Waals surface area contributed by atoms with E-state index in [0.29, 0.717) is 0 Å². The van der Waals surface area contributed by atoms with E-state index in [1.165, 1.54) is 0 Å². The molecule has 4 nitrogen and oxygen atoms in total. The topological polar surface area (TPSA) is 68.3 Å². The molecule has 0 bridgehead atoms. The fraction of sp³-hybridized carbons (Fsp3) is 0.0769. The third-order valence-electron chi connectivity index (χ3n) is 2.22. The predicted molar refractivity (Wildman–Crippen MR) is 63.2 cm³/mol. The van der Waals surface area contributed by atoms with Gasteiger partial charge in [-0.1, -0.05) is 26.3 Å². The van der Waals surface area contributed by atoms with E-state index >= 15 is 0 Å². The van der Waals surface area contributed by atoms with Crippen molar-refractivity contribution >= 4 is 23.1 Å². The van der Waals surface area contributed by atoms with Gasteiger partial charge in [-0.15, -0.1) is 0 Å². The van der Waals surface area contributed by atoms with Crippen LogP contribution in [0.5, 0.6) is 0 Å². The van der Waals surface area contributed by atoms with Crippen LogP contribution in [-0.4, -0.2) is 23.1 Å². The molecule has 0 saturated heterocycles. The lowest BCUT2D eigenvalue weighted by Crippen LogP contribution is -2.50. The summed E-state index contributed by atoms with van der Waals surface area (Å²) < 4.78 is 0. The minimum absolute atomic E-state index is 0.740. The molecular weight excluding hydrogens is 220 g/mol. The summed E-state index contributed by atoms with van der Waals surface area (Å²) in [4.78, 5) is 46.8. The number of carbonyl (C=O) groups is 4. The van der Waals surface area contributed by atoms with Crippen LogP contribution in [0.15, 0.2) is 50.6 Å². The number of hydrogen-bond acceptors (Lipinski definition) is 4. The van der Waals surface area contributed by atoms with Crippen LogP contribution in [0.2, 0.25) is 0 Å². The summed E-state index contributed by atoms with van der Waals surface area (Å²) in [7, 11) is 0. The first kappa shape index (κ1) is 14.6. The highest BCUT2D eigenvalue weighted by molar-refractivity contribution is 6.45. The summed E-state index contributed by atoms with van der Waals surface area (Å²) in [6.07, 6.45) is 2.96. The third-order valence-corrected chi connectivity index (χ3v) is 2.22. The minimum Gasteiger partial charge on any atom is -0.293 e. The Balaban J connectivity index is 6.25. The highest BCUT2D eigenvalue weighted by Gasteiger charge is 2.53. The van der Waals surface area contributed by atoms with Crippen LogP contribution in [0.3, 0.4) is 0 Å². The first-order valence-corrected chi connectivity index (χ1v) is 4.60. The molecule has 0 aliphatic rings. The molecule has 0 amide bonds. The Kier molecular flexibility index (Phi) is 4.87. The van der Waals surface area contributed by atoms with Crippen LogP contribution in [0.1, 0.15) is 0 Å². The number of carbonyl (C=O) groups excluding carboxylic acids is 4. The molecule has 0 spiro atoms. The monoisotopic (exact) mass is 232 g/mol. The molecule has 0 aromatic heterocycles. The van der Waals surface area contributed by atoms with E-state index < -0.39 is 28.5 Å². The molecule has 0 unspecified atom stereocenters. The lowest BCUT2D eigenvalue weighted by atomic mass is 9.71. The summed E-state index contributed by atoms with van der Waals surface area (Å²) in [6, 6.07) is 0. The van der Waals surface area contributed by atoms with E-state index in [-0.39, 0.29) is 0 Å². The zero-order valence-corrected chi connectivity index (χ0v) is 9.27. The van der Waals surface area contributed by atoms with Gasteiger partial charge in [0.15, 0.2) is 23.1 Å². The van der Waals surface area contributed by atoms with Crippen molar-refractivity contribution in [3.63, 3.8) is 0 Å². The lowest BCUT2D eigenvalue weighted by Gasteiger charge is -2.22. The van der Waals surface area contributed by atoms with Gasteiger partial charge < -0.3 is 0 Å². The number of rotatable bonds is 8. The van der Waals surface area contributed by atoms with E-state index in [9.17, 15) is 19.2 Å². The van der Waals surface area contributed by atoms with Gasteiger partial charge in [-0.3, -0.25) is 19.2 Å². The van der Waals surface area contributed by atoms with Crippen LogP contribution in [0.25, 0.3) is 0 Å². The van der Waals surface area contributed by atoms with Crippen molar-refractivity contribution in [3.05, 3.63) is 50.6 Å². The molecule has 0 aliphatic heterocycles. The Morgan fingerprint density at radius 3 is 0.882 bits per heavy atom. The summed E-state index contributed by atoms with van der Waals surface area (Å²) in [5.74, 6) is -4.07.